The number of aromatic nitrogens is 1. The Morgan fingerprint density at radius 1 is 1.20 bits per heavy atom. The van der Waals surface area contributed by atoms with Gasteiger partial charge in [-0.25, -0.2) is 0 Å². The minimum Gasteiger partial charge on any atom is -0.406 e. The Bertz CT molecular complexity index is 1100. The van der Waals surface area contributed by atoms with Gasteiger partial charge in [0.25, 0.3) is 5.91 Å². The predicted molar refractivity (Wildman–Crippen MR) is 103 cm³/mol. The monoisotopic (exact) mass is 417 g/mol. The zero-order valence-corrected chi connectivity index (χ0v) is 16.0. The van der Waals surface area contributed by atoms with Crippen LogP contribution in [0.3, 0.4) is 0 Å². The second-order valence-corrected chi connectivity index (χ2v) is 6.45. The van der Waals surface area contributed by atoms with Crippen LogP contribution in [0.5, 0.6) is 5.75 Å². The number of methoxy groups -OCH3 is 1. The third-order valence-corrected chi connectivity index (χ3v) is 4.33. The van der Waals surface area contributed by atoms with Gasteiger partial charge in [0.15, 0.2) is 0 Å². The second-order valence-electron chi connectivity index (χ2n) is 6.45. The van der Waals surface area contributed by atoms with Crippen LogP contribution in [-0.2, 0) is 11.3 Å². The number of amides is 1. The van der Waals surface area contributed by atoms with Crippen molar-refractivity contribution in [2.45, 2.75) is 12.9 Å². The van der Waals surface area contributed by atoms with E-state index < -0.39 is 6.36 Å². The van der Waals surface area contributed by atoms with Crippen molar-refractivity contribution in [1.29, 1.82) is 5.26 Å². The Hall–Kier alpha value is -3.51. The molecule has 2 aromatic carbocycles. The highest BCUT2D eigenvalue weighted by Crippen LogP contribution is 2.26. The van der Waals surface area contributed by atoms with Crippen molar-refractivity contribution in [1.82, 2.24) is 9.88 Å². The van der Waals surface area contributed by atoms with Gasteiger partial charge in [-0.2, -0.15) is 5.26 Å². The molecule has 0 aliphatic rings. The van der Waals surface area contributed by atoms with E-state index >= 15 is 0 Å². The number of nitriles is 1. The molecule has 0 aliphatic carbocycles. The first-order valence-corrected chi connectivity index (χ1v) is 8.96. The molecule has 0 bridgehead atoms. The van der Waals surface area contributed by atoms with E-state index in [-0.39, 0.29) is 18.2 Å². The van der Waals surface area contributed by atoms with Gasteiger partial charge in [0.2, 0.25) is 0 Å². The van der Waals surface area contributed by atoms with E-state index in [4.69, 9.17) is 10.00 Å². The highest BCUT2D eigenvalue weighted by Gasteiger charge is 2.31. The molecule has 0 spiro atoms. The average molecular weight is 417 g/mol. The van der Waals surface area contributed by atoms with Crippen molar-refractivity contribution < 1.29 is 27.4 Å². The molecule has 0 radical (unpaired) electrons. The summed E-state index contributed by atoms with van der Waals surface area (Å²) in [5, 5.41) is 12.5. The maximum Gasteiger partial charge on any atom is 0.573 e. The first-order valence-electron chi connectivity index (χ1n) is 8.96. The maximum absolute atomic E-state index is 12.7. The molecule has 30 heavy (non-hydrogen) atoms. The molecule has 0 atom stereocenters. The second kappa shape index (κ2) is 8.88. The van der Waals surface area contributed by atoms with E-state index in [1.807, 2.05) is 6.07 Å². The van der Waals surface area contributed by atoms with Gasteiger partial charge in [0.05, 0.1) is 18.2 Å². The fraction of sp³-hybridized carbons (Fsp3) is 0.238. The summed E-state index contributed by atoms with van der Waals surface area (Å²) in [6, 6.07) is 14.3. The number of hydrogen-bond acceptors (Lipinski definition) is 4. The van der Waals surface area contributed by atoms with Crippen molar-refractivity contribution in [3.05, 3.63) is 65.4 Å². The number of nitrogens with zero attached hydrogens (tertiary/aromatic N) is 2. The number of halogens is 3. The van der Waals surface area contributed by atoms with Gasteiger partial charge in [-0.3, -0.25) is 4.79 Å². The van der Waals surface area contributed by atoms with Gasteiger partial charge in [-0.05, 0) is 42.0 Å². The van der Waals surface area contributed by atoms with Crippen LogP contribution in [0.15, 0.2) is 48.5 Å². The topological polar surface area (TPSA) is 76.3 Å². The molecule has 0 saturated heterocycles. The normalized spacial score (nSPS) is 11.3. The standard InChI is InChI=1S/C21H18F3N3O3/c1-29-8-7-26-20(28)19-11-16-9-14(12-25)5-6-18(16)27(19)13-15-3-2-4-17(10-15)30-21(22,23)24/h2-6,9-11H,7-8,13H2,1H3,(H,26,28). The zero-order valence-electron chi connectivity index (χ0n) is 16.0. The van der Waals surface area contributed by atoms with Gasteiger partial charge in [0.1, 0.15) is 11.4 Å². The largest absolute Gasteiger partial charge is 0.573 e. The lowest BCUT2D eigenvalue weighted by Crippen LogP contribution is -2.29. The molecule has 1 amide bonds. The fourth-order valence-corrected chi connectivity index (χ4v) is 3.08. The lowest BCUT2D eigenvalue weighted by Gasteiger charge is -2.13. The highest BCUT2D eigenvalue weighted by molar-refractivity contribution is 5.99. The predicted octanol–water partition coefficient (Wildman–Crippen LogP) is 3.84. The van der Waals surface area contributed by atoms with Gasteiger partial charge in [-0.1, -0.05) is 12.1 Å². The summed E-state index contributed by atoms with van der Waals surface area (Å²) in [6.07, 6.45) is -4.79. The lowest BCUT2D eigenvalue weighted by atomic mass is 10.1. The van der Waals surface area contributed by atoms with Crippen molar-refractivity contribution in [2.24, 2.45) is 0 Å². The third kappa shape index (κ3) is 5.10. The molecule has 3 rings (SSSR count). The van der Waals surface area contributed by atoms with Gasteiger partial charge in [0, 0.05) is 31.1 Å². The van der Waals surface area contributed by atoms with Crippen LogP contribution in [0, 0.1) is 11.3 Å². The van der Waals surface area contributed by atoms with Crippen LogP contribution in [0.25, 0.3) is 10.9 Å². The van der Waals surface area contributed by atoms with Crippen LogP contribution in [0.2, 0.25) is 0 Å². The number of fused-ring (bicyclic) bond motifs is 1. The van der Waals surface area contributed by atoms with Crippen LogP contribution in [0.1, 0.15) is 21.6 Å². The molecule has 0 fully saturated rings. The third-order valence-electron chi connectivity index (χ3n) is 4.33. The van der Waals surface area contributed by atoms with E-state index in [2.05, 4.69) is 10.1 Å². The lowest BCUT2D eigenvalue weighted by molar-refractivity contribution is -0.274. The smallest absolute Gasteiger partial charge is 0.406 e. The van der Waals surface area contributed by atoms with Gasteiger partial charge < -0.3 is 19.4 Å². The van der Waals surface area contributed by atoms with Crippen LogP contribution in [0.4, 0.5) is 13.2 Å². The van der Waals surface area contributed by atoms with E-state index in [1.165, 1.54) is 25.3 Å². The summed E-state index contributed by atoms with van der Waals surface area (Å²) in [5.41, 5.74) is 1.95. The molecule has 0 unspecified atom stereocenters. The molecule has 156 valence electrons. The SMILES string of the molecule is COCCNC(=O)c1cc2cc(C#N)ccc2n1Cc1cccc(OC(F)(F)F)c1. The van der Waals surface area contributed by atoms with E-state index in [0.717, 1.165) is 0 Å². The molecule has 0 aliphatic heterocycles. The number of rotatable bonds is 7. The molecule has 6 nitrogen and oxygen atoms in total. The molecule has 1 N–H and O–H groups in total. The number of alkyl halides is 3. The van der Waals surface area contributed by atoms with Crippen LogP contribution >= 0.6 is 0 Å². The number of carbonyl (C=O) groups is 1. The quantitative estimate of drug-likeness (QED) is 0.593. The minimum atomic E-state index is -4.79. The van der Waals surface area contributed by atoms with E-state index in [9.17, 15) is 18.0 Å². The first kappa shape index (κ1) is 21.2. The average Bonchev–Trinajstić information content (AvgIpc) is 3.04. The summed E-state index contributed by atoms with van der Waals surface area (Å²) in [7, 11) is 1.52. The number of hydrogen-bond donors (Lipinski definition) is 1. The Morgan fingerprint density at radius 2 is 2.00 bits per heavy atom. The van der Waals surface area contributed by atoms with Crippen molar-refractivity contribution >= 4 is 16.8 Å². The van der Waals surface area contributed by atoms with E-state index in [0.29, 0.717) is 40.9 Å². The van der Waals surface area contributed by atoms with Gasteiger partial charge >= 0.3 is 6.36 Å². The molecule has 9 heteroatoms. The first-order chi connectivity index (χ1) is 14.3. The fourth-order valence-electron chi connectivity index (χ4n) is 3.08. The van der Waals surface area contributed by atoms with Crippen molar-refractivity contribution in [3.63, 3.8) is 0 Å². The number of ether oxygens (including phenoxy) is 2. The Labute approximate surface area is 170 Å². The van der Waals surface area contributed by atoms with Crippen LogP contribution < -0.4 is 10.1 Å². The van der Waals surface area contributed by atoms with Crippen molar-refractivity contribution in [2.75, 3.05) is 20.3 Å². The zero-order chi connectivity index (χ0) is 21.7. The molecule has 1 aromatic heterocycles. The van der Waals surface area contributed by atoms with Crippen LogP contribution in [-0.4, -0.2) is 37.1 Å². The summed E-state index contributed by atoms with van der Waals surface area (Å²) in [5.74, 6) is -0.696. The maximum atomic E-state index is 12.7. The Kier molecular flexibility index (Phi) is 6.28. The number of nitrogens with one attached hydrogen (secondary N) is 1. The summed E-state index contributed by atoms with van der Waals surface area (Å²) >= 11 is 0. The highest BCUT2D eigenvalue weighted by atomic mass is 19.4. The molecule has 0 saturated carbocycles. The minimum absolute atomic E-state index is 0.136. The summed E-state index contributed by atoms with van der Waals surface area (Å²) in [6.45, 7) is 0.772. The Balaban J connectivity index is 1.99. The summed E-state index contributed by atoms with van der Waals surface area (Å²) < 4.78 is 48.2. The molecular weight excluding hydrogens is 399 g/mol. The molecular formula is C21H18F3N3O3. The van der Waals surface area contributed by atoms with E-state index in [1.54, 1.807) is 34.9 Å². The number of benzene rings is 2. The van der Waals surface area contributed by atoms with Gasteiger partial charge in [-0.15, -0.1) is 13.2 Å². The van der Waals surface area contributed by atoms with Crippen molar-refractivity contribution in [3.8, 4) is 11.8 Å². The molecule has 1 heterocycles. The number of carbonyl (C=O) groups excluding carboxylic acids is 1. The Morgan fingerprint density at radius 3 is 2.70 bits per heavy atom. The summed E-state index contributed by atoms with van der Waals surface area (Å²) in [4.78, 5) is 12.7. The molecule has 3 aromatic rings.